The van der Waals surface area contributed by atoms with Crippen LogP contribution in [0.1, 0.15) is 41.4 Å². The molecule has 2 N–H and O–H groups in total. The molecule has 44 heavy (non-hydrogen) atoms. The molecule has 0 aliphatic carbocycles. The summed E-state index contributed by atoms with van der Waals surface area (Å²) in [6.45, 7) is 0. The first kappa shape index (κ1) is 25.6. The summed E-state index contributed by atoms with van der Waals surface area (Å²) in [5.74, 6) is -2.33. The Hall–Kier alpha value is -6.14. The van der Waals surface area contributed by atoms with E-state index in [2.05, 4.69) is 10.6 Å². The van der Waals surface area contributed by atoms with E-state index < -0.39 is 23.6 Å². The third kappa shape index (κ3) is 3.61. The minimum atomic E-state index is -0.582. The molecule has 2 aliphatic rings. The molecule has 0 fully saturated rings. The molecular weight excluding hydrogens is 548 g/mol. The average Bonchev–Trinajstić information content (AvgIpc) is 3.06. The number of nitrogens with one attached hydrogen (secondary N) is 2. The standard InChI is InChI=1S/C38H22N2O4/c41-35-31-25(21-13-5-1-6-14-21)26(22-15-7-2-8-16-22)32-30-29(31)33(37(43)39-35)27(23-17-9-3-10-18-23)28(24-19-11-4-12-20-24)34(30)38(44)40-36(32)42/h1-20H,(H,39,41,43)(H,40,42,44). The number of rotatable bonds is 4. The van der Waals surface area contributed by atoms with E-state index in [0.717, 1.165) is 0 Å². The Bertz CT molecular complexity index is 1900. The van der Waals surface area contributed by atoms with Crippen LogP contribution in [0.2, 0.25) is 0 Å². The fourth-order valence-electron chi connectivity index (χ4n) is 6.69. The van der Waals surface area contributed by atoms with Crippen molar-refractivity contribution in [3.05, 3.63) is 144 Å². The van der Waals surface area contributed by atoms with E-state index in [0.29, 0.717) is 55.3 Å². The van der Waals surface area contributed by atoms with E-state index >= 15 is 0 Å². The molecular formula is C38H22N2O4. The van der Waals surface area contributed by atoms with E-state index in [1.54, 1.807) is 0 Å². The largest absolute Gasteiger partial charge is 0.288 e. The van der Waals surface area contributed by atoms with Crippen LogP contribution >= 0.6 is 0 Å². The zero-order valence-electron chi connectivity index (χ0n) is 23.2. The Labute approximate surface area is 252 Å². The summed E-state index contributed by atoms with van der Waals surface area (Å²) in [5.41, 5.74) is 5.91. The van der Waals surface area contributed by atoms with Crippen molar-refractivity contribution in [1.82, 2.24) is 10.6 Å². The van der Waals surface area contributed by atoms with E-state index in [1.807, 2.05) is 121 Å². The smallest absolute Gasteiger partial charge is 0.259 e. The zero-order valence-corrected chi connectivity index (χ0v) is 23.2. The highest BCUT2D eigenvalue weighted by Gasteiger charge is 2.42. The van der Waals surface area contributed by atoms with Crippen LogP contribution in [-0.2, 0) is 0 Å². The minimum absolute atomic E-state index is 0.254. The van der Waals surface area contributed by atoms with Gasteiger partial charge in [0.1, 0.15) is 0 Å². The van der Waals surface area contributed by atoms with Crippen molar-refractivity contribution in [2.24, 2.45) is 0 Å². The molecule has 6 aromatic carbocycles. The summed E-state index contributed by atoms with van der Waals surface area (Å²) in [6.07, 6.45) is 0. The van der Waals surface area contributed by atoms with Crippen LogP contribution in [0.25, 0.3) is 55.3 Å². The molecule has 0 spiro atoms. The van der Waals surface area contributed by atoms with Gasteiger partial charge in [-0.2, -0.15) is 0 Å². The first-order valence-corrected chi connectivity index (χ1v) is 14.2. The summed E-state index contributed by atoms with van der Waals surface area (Å²) in [6, 6.07) is 37.4. The molecule has 2 heterocycles. The molecule has 6 aromatic rings. The quantitative estimate of drug-likeness (QED) is 0.218. The van der Waals surface area contributed by atoms with Crippen LogP contribution < -0.4 is 10.6 Å². The molecule has 0 aromatic heterocycles. The molecule has 208 valence electrons. The normalized spacial score (nSPS) is 13.5. The molecule has 6 nitrogen and oxygen atoms in total. The van der Waals surface area contributed by atoms with Crippen molar-refractivity contribution >= 4 is 34.4 Å². The lowest BCUT2D eigenvalue weighted by molar-refractivity contribution is 0.0824. The number of amides is 4. The molecule has 4 amide bonds. The van der Waals surface area contributed by atoms with Crippen LogP contribution in [0.3, 0.4) is 0 Å². The van der Waals surface area contributed by atoms with E-state index in [9.17, 15) is 19.2 Å². The van der Waals surface area contributed by atoms with E-state index in [1.165, 1.54) is 0 Å². The predicted octanol–water partition coefficient (Wildman–Crippen LogP) is 7.28. The van der Waals surface area contributed by atoms with E-state index in [-0.39, 0.29) is 22.3 Å². The van der Waals surface area contributed by atoms with Gasteiger partial charge < -0.3 is 0 Å². The topological polar surface area (TPSA) is 92.3 Å². The van der Waals surface area contributed by atoms with Gasteiger partial charge in [-0.3, -0.25) is 29.8 Å². The van der Waals surface area contributed by atoms with Gasteiger partial charge in [-0.05, 0) is 22.3 Å². The molecule has 2 aliphatic heterocycles. The number of imide groups is 2. The third-order valence-electron chi connectivity index (χ3n) is 8.36. The summed E-state index contributed by atoms with van der Waals surface area (Å²) in [4.78, 5) is 56.1. The van der Waals surface area contributed by atoms with Gasteiger partial charge in [0, 0.05) is 33.0 Å². The Morgan fingerprint density at radius 3 is 0.682 bits per heavy atom. The maximum absolute atomic E-state index is 14.0. The molecule has 0 unspecified atom stereocenters. The van der Waals surface area contributed by atoms with Gasteiger partial charge in [0.2, 0.25) is 0 Å². The predicted molar refractivity (Wildman–Crippen MR) is 169 cm³/mol. The first-order valence-electron chi connectivity index (χ1n) is 14.2. The van der Waals surface area contributed by atoms with Crippen LogP contribution in [0, 0.1) is 0 Å². The molecule has 0 saturated carbocycles. The van der Waals surface area contributed by atoms with Gasteiger partial charge in [0.15, 0.2) is 0 Å². The Kier molecular flexibility index (Phi) is 5.64. The van der Waals surface area contributed by atoms with Crippen LogP contribution in [0.5, 0.6) is 0 Å². The molecule has 6 heteroatoms. The highest BCUT2D eigenvalue weighted by molar-refractivity contribution is 6.40. The van der Waals surface area contributed by atoms with Gasteiger partial charge in [-0.25, -0.2) is 0 Å². The number of carbonyl (C=O) groups is 4. The molecule has 0 radical (unpaired) electrons. The summed E-state index contributed by atoms with van der Waals surface area (Å²) in [5, 5.41) is 5.83. The van der Waals surface area contributed by atoms with Crippen molar-refractivity contribution in [3.8, 4) is 44.5 Å². The number of carbonyl (C=O) groups excluding carboxylic acids is 4. The van der Waals surface area contributed by atoms with Gasteiger partial charge in [-0.15, -0.1) is 0 Å². The molecule has 0 atom stereocenters. The fourth-order valence-corrected chi connectivity index (χ4v) is 6.69. The van der Waals surface area contributed by atoms with Gasteiger partial charge in [-0.1, -0.05) is 121 Å². The lowest BCUT2D eigenvalue weighted by Crippen LogP contribution is -2.40. The van der Waals surface area contributed by atoms with Crippen molar-refractivity contribution in [2.45, 2.75) is 0 Å². The number of hydrogen-bond acceptors (Lipinski definition) is 4. The Balaban J connectivity index is 1.73. The van der Waals surface area contributed by atoms with Gasteiger partial charge in [0.25, 0.3) is 23.6 Å². The lowest BCUT2D eigenvalue weighted by atomic mass is 9.73. The summed E-state index contributed by atoms with van der Waals surface area (Å²) in [7, 11) is 0. The monoisotopic (exact) mass is 570 g/mol. The highest BCUT2D eigenvalue weighted by Crippen LogP contribution is 2.52. The van der Waals surface area contributed by atoms with Crippen molar-refractivity contribution in [2.75, 3.05) is 0 Å². The van der Waals surface area contributed by atoms with Crippen LogP contribution in [0.15, 0.2) is 121 Å². The second-order valence-electron chi connectivity index (χ2n) is 10.8. The fraction of sp³-hybridized carbons (Fsp3) is 0. The minimum Gasteiger partial charge on any atom is -0.288 e. The second kappa shape index (κ2) is 9.71. The SMILES string of the molecule is O=C1NC(=O)c2c(-c3ccccc3)c(-c3ccccc3)c3c4c(c(-c5ccccc5)c(-c5ccccc5)c1c24)C(=O)NC3=O. The lowest BCUT2D eigenvalue weighted by Gasteiger charge is -2.32. The number of hydrogen-bond donors (Lipinski definition) is 2. The molecule has 0 bridgehead atoms. The average molecular weight is 571 g/mol. The highest BCUT2D eigenvalue weighted by atomic mass is 16.2. The Morgan fingerprint density at radius 2 is 0.477 bits per heavy atom. The Morgan fingerprint density at radius 1 is 0.273 bits per heavy atom. The van der Waals surface area contributed by atoms with Crippen molar-refractivity contribution in [1.29, 1.82) is 0 Å². The van der Waals surface area contributed by atoms with Gasteiger partial charge in [0.05, 0.1) is 22.3 Å². The summed E-state index contributed by atoms with van der Waals surface area (Å²) < 4.78 is 0. The summed E-state index contributed by atoms with van der Waals surface area (Å²) >= 11 is 0. The second-order valence-corrected chi connectivity index (χ2v) is 10.8. The van der Waals surface area contributed by atoms with Crippen LogP contribution in [0.4, 0.5) is 0 Å². The maximum atomic E-state index is 14.0. The van der Waals surface area contributed by atoms with Gasteiger partial charge >= 0.3 is 0 Å². The molecule has 0 saturated heterocycles. The first-order chi connectivity index (χ1) is 21.5. The number of benzene rings is 6. The van der Waals surface area contributed by atoms with E-state index in [4.69, 9.17) is 0 Å². The van der Waals surface area contributed by atoms with Crippen molar-refractivity contribution in [3.63, 3.8) is 0 Å². The van der Waals surface area contributed by atoms with Crippen LogP contribution in [-0.4, -0.2) is 23.6 Å². The van der Waals surface area contributed by atoms with Crippen molar-refractivity contribution < 1.29 is 19.2 Å². The third-order valence-corrected chi connectivity index (χ3v) is 8.36. The zero-order chi connectivity index (χ0) is 29.9. The molecule has 8 rings (SSSR count). The maximum Gasteiger partial charge on any atom is 0.259 e.